The Bertz CT molecular complexity index is 686. The van der Waals surface area contributed by atoms with Crippen molar-refractivity contribution in [3.05, 3.63) is 35.9 Å². The number of amides is 3. The zero-order valence-corrected chi connectivity index (χ0v) is 15.4. The molecule has 7 nitrogen and oxygen atoms in total. The first kappa shape index (κ1) is 19.2. The third-order valence-electron chi connectivity index (χ3n) is 5.57. The molecular weight excluding hydrogens is 346 g/mol. The first-order valence-corrected chi connectivity index (χ1v) is 9.62. The van der Waals surface area contributed by atoms with Crippen LogP contribution in [0.4, 0.5) is 4.79 Å². The lowest BCUT2D eigenvalue weighted by Crippen LogP contribution is -2.61. The van der Waals surface area contributed by atoms with Crippen LogP contribution in [0.3, 0.4) is 0 Å². The Morgan fingerprint density at radius 2 is 1.81 bits per heavy atom. The van der Waals surface area contributed by atoms with Gasteiger partial charge < -0.3 is 20.6 Å². The summed E-state index contributed by atoms with van der Waals surface area (Å²) in [6.07, 6.45) is 4.22. The van der Waals surface area contributed by atoms with Gasteiger partial charge in [-0.1, -0.05) is 43.2 Å². The molecular formula is C20H27N3O4. The largest absolute Gasteiger partial charge is 0.481 e. The standard InChI is InChI=1S/C20H27N3O4/c24-17(25)16-9-6-12-23(14-16)18(26)20(10-4-5-11-20)22-19(27)21-13-15-7-2-1-3-8-15/h1-3,7-8,16H,4-6,9-14H2,(H,24,25)(H2,21,22,27). The van der Waals surface area contributed by atoms with E-state index in [1.165, 1.54) is 0 Å². The number of aliphatic carboxylic acids is 1. The van der Waals surface area contributed by atoms with Gasteiger partial charge in [-0.05, 0) is 31.2 Å². The first-order chi connectivity index (χ1) is 13.0. The first-order valence-electron chi connectivity index (χ1n) is 9.62. The number of nitrogens with one attached hydrogen (secondary N) is 2. The predicted molar refractivity (Wildman–Crippen MR) is 100.0 cm³/mol. The van der Waals surface area contributed by atoms with Gasteiger partial charge in [-0.25, -0.2) is 4.79 Å². The molecule has 1 aromatic carbocycles. The Morgan fingerprint density at radius 3 is 2.48 bits per heavy atom. The molecule has 2 aliphatic rings. The Labute approximate surface area is 159 Å². The lowest BCUT2D eigenvalue weighted by atomic mass is 9.92. The average molecular weight is 373 g/mol. The van der Waals surface area contributed by atoms with Crippen LogP contribution in [0.5, 0.6) is 0 Å². The van der Waals surface area contributed by atoms with E-state index < -0.39 is 17.4 Å². The van der Waals surface area contributed by atoms with E-state index in [1.807, 2.05) is 30.3 Å². The fraction of sp³-hybridized carbons (Fsp3) is 0.550. The number of carbonyl (C=O) groups is 3. The van der Waals surface area contributed by atoms with Gasteiger partial charge >= 0.3 is 12.0 Å². The van der Waals surface area contributed by atoms with Crippen molar-refractivity contribution in [2.75, 3.05) is 13.1 Å². The summed E-state index contributed by atoms with van der Waals surface area (Å²) in [5.41, 5.74) is 0.0704. The van der Waals surface area contributed by atoms with Crippen molar-refractivity contribution in [2.24, 2.45) is 5.92 Å². The van der Waals surface area contributed by atoms with E-state index >= 15 is 0 Å². The second-order valence-electron chi connectivity index (χ2n) is 7.51. The van der Waals surface area contributed by atoms with Crippen molar-refractivity contribution in [2.45, 2.75) is 50.6 Å². The number of carboxylic acids is 1. The Kier molecular flexibility index (Phi) is 5.98. The normalized spacial score (nSPS) is 21.5. The molecule has 1 saturated carbocycles. The molecule has 1 saturated heterocycles. The SMILES string of the molecule is O=C(NCc1ccccc1)NC1(C(=O)N2CCCC(C(=O)O)C2)CCCC1. The Balaban J connectivity index is 1.63. The molecule has 3 N–H and O–H groups in total. The lowest BCUT2D eigenvalue weighted by Gasteiger charge is -2.38. The van der Waals surface area contributed by atoms with E-state index in [-0.39, 0.29) is 18.5 Å². The van der Waals surface area contributed by atoms with Gasteiger partial charge in [-0.3, -0.25) is 9.59 Å². The number of carbonyl (C=O) groups excluding carboxylic acids is 2. The second-order valence-corrected chi connectivity index (χ2v) is 7.51. The summed E-state index contributed by atoms with van der Waals surface area (Å²) in [6.45, 7) is 1.17. The molecule has 1 aliphatic carbocycles. The van der Waals surface area contributed by atoms with Gasteiger partial charge in [-0.15, -0.1) is 0 Å². The maximum Gasteiger partial charge on any atom is 0.315 e. The molecule has 1 aliphatic heterocycles. The van der Waals surface area contributed by atoms with Crippen molar-refractivity contribution >= 4 is 17.9 Å². The van der Waals surface area contributed by atoms with E-state index in [0.717, 1.165) is 18.4 Å². The van der Waals surface area contributed by atoms with Crippen LogP contribution in [0.25, 0.3) is 0 Å². The van der Waals surface area contributed by atoms with E-state index in [9.17, 15) is 19.5 Å². The highest BCUT2D eigenvalue weighted by atomic mass is 16.4. The van der Waals surface area contributed by atoms with Crippen LogP contribution in [0, 0.1) is 5.92 Å². The molecule has 2 fully saturated rings. The highest BCUT2D eigenvalue weighted by molar-refractivity contribution is 5.91. The zero-order valence-electron chi connectivity index (χ0n) is 15.4. The summed E-state index contributed by atoms with van der Waals surface area (Å²) in [6, 6.07) is 9.23. The minimum atomic E-state index is -0.916. The number of piperidine rings is 1. The molecule has 0 bridgehead atoms. The summed E-state index contributed by atoms with van der Waals surface area (Å²) < 4.78 is 0. The summed E-state index contributed by atoms with van der Waals surface area (Å²) >= 11 is 0. The third kappa shape index (κ3) is 4.59. The predicted octanol–water partition coefficient (Wildman–Crippen LogP) is 2.12. The number of hydrogen-bond donors (Lipinski definition) is 3. The van der Waals surface area contributed by atoms with Gasteiger partial charge in [0.2, 0.25) is 5.91 Å². The molecule has 0 radical (unpaired) electrons. The van der Waals surface area contributed by atoms with Gasteiger partial charge in [0.15, 0.2) is 0 Å². The van der Waals surface area contributed by atoms with Gasteiger partial charge in [0.1, 0.15) is 5.54 Å². The van der Waals surface area contributed by atoms with Crippen LogP contribution >= 0.6 is 0 Å². The molecule has 0 aromatic heterocycles. The number of nitrogens with zero attached hydrogens (tertiary/aromatic N) is 1. The molecule has 1 heterocycles. The number of urea groups is 1. The maximum absolute atomic E-state index is 13.2. The Morgan fingerprint density at radius 1 is 1.11 bits per heavy atom. The molecule has 3 rings (SSSR count). The second kappa shape index (κ2) is 8.41. The zero-order chi connectivity index (χ0) is 19.3. The van der Waals surface area contributed by atoms with Gasteiger partial charge in [0.25, 0.3) is 0 Å². The van der Waals surface area contributed by atoms with Crippen LogP contribution in [0.2, 0.25) is 0 Å². The fourth-order valence-electron chi connectivity index (χ4n) is 4.08. The maximum atomic E-state index is 13.2. The van der Waals surface area contributed by atoms with Gasteiger partial charge in [-0.2, -0.15) is 0 Å². The number of rotatable bonds is 5. The van der Waals surface area contributed by atoms with Crippen molar-refractivity contribution in [3.63, 3.8) is 0 Å². The molecule has 0 spiro atoms. The smallest absolute Gasteiger partial charge is 0.315 e. The molecule has 7 heteroatoms. The van der Waals surface area contributed by atoms with Crippen LogP contribution in [0.1, 0.15) is 44.1 Å². The van der Waals surface area contributed by atoms with Crippen molar-refractivity contribution in [3.8, 4) is 0 Å². The van der Waals surface area contributed by atoms with Crippen LogP contribution in [0.15, 0.2) is 30.3 Å². The molecule has 146 valence electrons. The van der Waals surface area contributed by atoms with E-state index in [0.29, 0.717) is 38.8 Å². The summed E-state index contributed by atoms with van der Waals surface area (Å²) in [5, 5.41) is 15.0. The van der Waals surface area contributed by atoms with E-state index in [4.69, 9.17) is 0 Å². The van der Waals surface area contributed by atoms with Crippen molar-refractivity contribution in [1.82, 2.24) is 15.5 Å². The molecule has 1 atom stereocenters. The lowest BCUT2D eigenvalue weighted by molar-refractivity contribution is -0.147. The van der Waals surface area contributed by atoms with Crippen LogP contribution < -0.4 is 10.6 Å². The van der Waals surface area contributed by atoms with E-state index in [1.54, 1.807) is 4.90 Å². The molecule has 27 heavy (non-hydrogen) atoms. The number of hydrogen-bond acceptors (Lipinski definition) is 3. The van der Waals surface area contributed by atoms with Crippen LogP contribution in [-0.2, 0) is 16.1 Å². The number of benzene rings is 1. The van der Waals surface area contributed by atoms with Gasteiger partial charge in [0, 0.05) is 19.6 Å². The molecule has 3 amide bonds. The summed E-state index contributed by atoms with van der Waals surface area (Å²) in [7, 11) is 0. The quantitative estimate of drug-likeness (QED) is 0.736. The van der Waals surface area contributed by atoms with Crippen LogP contribution in [-0.4, -0.2) is 46.5 Å². The number of carboxylic acid groups (broad SMARTS) is 1. The highest BCUT2D eigenvalue weighted by Gasteiger charge is 2.46. The summed E-state index contributed by atoms with van der Waals surface area (Å²) in [4.78, 5) is 38.6. The van der Waals surface area contributed by atoms with Gasteiger partial charge in [0.05, 0.1) is 5.92 Å². The fourth-order valence-corrected chi connectivity index (χ4v) is 4.08. The Hall–Kier alpha value is -2.57. The average Bonchev–Trinajstić information content (AvgIpc) is 3.16. The monoisotopic (exact) mass is 373 g/mol. The van der Waals surface area contributed by atoms with E-state index in [2.05, 4.69) is 10.6 Å². The molecule has 1 aromatic rings. The minimum Gasteiger partial charge on any atom is -0.481 e. The minimum absolute atomic E-state index is 0.138. The highest BCUT2D eigenvalue weighted by Crippen LogP contribution is 2.33. The molecule has 1 unspecified atom stereocenters. The topological polar surface area (TPSA) is 98.7 Å². The van der Waals surface area contributed by atoms with Crippen molar-refractivity contribution < 1.29 is 19.5 Å². The summed E-state index contributed by atoms with van der Waals surface area (Å²) in [5.74, 6) is -1.52. The van der Waals surface area contributed by atoms with Crippen molar-refractivity contribution in [1.29, 1.82) is 0 Å². The number of likely N-dealkylation sites (tertiary alicyclic amines) is 1. The third-order valence-corrected chi connectivity index (χ3v) is 5.57.